The third kappa shape index (κ3) is 4.40. The van der Waals surface area contributed by atoms with E-state index in [9.17, 15) is 4.79 Å². The van der Waals surface area contributed by atoms with Gasteiger partial charge in [-0.1, -0.05) is 28.1 Å². The molecule has 0 spiro atoms. The second kappa shape index (κ2) is 8.71. The number of carbonyl (C=O) groups is 1. The number of ether oxygens (including phenoxy) is 2. The van der Waals surface area contributed by atoms with Crippen molar-refractivity contribution in [2.24, 2.45) is 5.10 Å². The minimum absolute atomic E-state index is 0.303. The second-order valence-electron chi connectivity index (χ2n) is 5.88. The molecule has 28 heavy (non-hydrogen) atoms. The van der Waals surface area contributed by atoms with Gasteiger partial charge in [-0.3, -0.25) is 9.89 Å². The van der Waals surface area contributed by atoms with Crippen LogP contribution in [-0.2, 0) is 0 Å². The lowest BCUT2D eigenvalue weighted by molar-refractivity contribution is 0.0950. The first-order chi connectivity index (χ1) is 13.5. The third-order valence-electron chi connectivity index (χ3n) is 4.09. The van der Waals surface area contributed by atoms with Crippen LogP contribution in [-0.4, -0.2) is 36.0 Å². The van der Waals surface area contributed by atoms with E-state index in [2.05, 4.69) is 36.7 Å². The lowest BCUT2D eigenvalue weighted by atomic mass is 10.1. The minimum atomic E-state index is -0.379. The Balaban J connectivity index is 1.73. The molecule has 0 aliphatic heterocycles. The van der Waals surface area contributed by atoms with Crippen molar-refractivity contribution >= 4 is 27.5 Å². The molecule has 144 valence electrons. The molecule has 1 aromatic heterocycles. The summed E-state index contributed by atoms with van der Waals surface area (Å²) in [4.78, 5) is 12.4. The molecule has 8 heteroatoms. The van der Waals surface area contributed by atoms with Crippen molar-refractivity contribution in [2.75, 3.05) is 14.2 Å². The van der Waals surface area contributed by atoms with Crippen LogP contribution in [0.2, 0.25) is 0 Å². The molecule has 0 bridgehead atoms. The third-order valence-corrected chi connectivity index (χ3v) is 4.62. The molecule has 0 saturated heterocycles. The Labute approximate surface area is 170 Å². The number of hydrazone groups is 1. The topological polar surface area (TPSA) is 88.6 Å². The zero-order valence-electron chi connectivity index (χ0n) is 15.6. The number of carbonyl (C=O) groups excluding carboxylic acids is 1. The molecule has 0 atom stereocenters. The molecule has 0 fully saturated rings. The van der Waals surface area contributed by atoms with Gasteiger partial charge >= 0.3 is 0 Å². The highest BCUT2D eigenvalue weighted by molar-refractivity contribution is 9.10. The fourth-order valence-corrected chi connectivity index (χ4v) is 2.80. The van der Waals surface area contributed by atoms with E-state index in [1.54, 1.807) is 32.4 Å². The largest absolute Gasteiger partial charge is 0.493 e. The van der Waals surface area contributed by atoms with Gasteiger partial charge in [-0.05, 0) is 48.9 Å². The summed E-state index contributed by atoms with van der Waals surface area (Å²) < 4.78 is 11.5. The smallest absolute Gasteiger partial charge is 0.289 e. The van der Waals surface area contributed by atoms with Crippen LogP contribution in [0.1, 0.15) is 23.0 Å². The fraction of sp³-hybridized carbons (Fsp3) is 0.150. The van der Waals surface area contributed by atoms with Crippen LogP contribution >= 0.6 is 15.9 Å². The number of aromatic nitrogens is 2. The SMILES string of the molecule is COc1ccc(-c2cc(C(=O)N/N=C(/C)c3ccc(Br)cc3)[nH]n2)cc1OC. The van der Waals surface area contributed by atoms with E-state index in [1.807, 2.05) is 37.3 Å². The van der Waals surface area contributed by atoms with Crippen molar-refractivity contribution < 1.29 is 14.3 Å². The zero-order chi connectivity index (χ0) is 20.1. The van der Waals surface area contributed by atoms with Gasteiger partial charge in [0, 0.05) is 10.0 Å². The van der Waals surface area contributed by atoms with Crippen LogP contribution in [0.3, 0.4) is 0 Å². The minimum Gasteiger partial charge on any atom is -0.493 e. The highest BCUT2D eigenvalue weighted by Gasteiger charge is 2.13. The van der Waals surface area contributed by atoms with Crippen LogP contribution in [0.25, 0.3) is 11.3 Å². The Morgan fingerprint density at radius 2 is 1.79 bits per heavy atom. The number of halogens is 1. The number of nitrogens with zero attached hydrogens (tertiary/aromatic N) is 2. The quantitative estimate of drug-likeness (QED) is 0.445. The van der Waals surface area contributed by atoms with Gasteiger partial charge in [0.1, 0.15) is 5.69 Å². The Morgan fingerprint density at radius 1 is 1.07 bits per heavy atom. The number of aromatic amines is 1. The van der Waals surface area contributed by atoms with Gasteiger partial charge in [0.05, 0.1) is 25.6 Å². The summed E-state index contributed by atoms with van der Waals surface area (Å²) in [6.45, 7) is 1.82. The van der Waals surface area contributed by atoms with Crippen molar-refractivity contribution in [1.29, 1.82) is 0 Å². The average molecular weight is 443 g/mol. The van der Waals surface area contributed by atoms with Gasteiger partial charge in [0.2, 0.25) is 0 Å². The summed E-state index contributed by atoms with van der Waals surface area (Å²) in [7, 11) is 3.14. The van der Waals surface area contributed by atoms with E-state index in [4.69, 9.17) is 9.47 Å². The first kappa shape index (κ1) is 19.6. The molecular weight excluding hydrogens is 424 g/mol. The van der Waals surface area contributed by atoms with Crippen LogP contribution < -0.4 is 14.9 Å². The number of hydrogen-bond acceptors (Lipinski definition) is 5. The van der Waals surface area contributed by atoms with Gasteiger partial charge < -0.3 is 9.47 Å². The van der Waals surface area contributed by atoms with Crippen molar-refractivity contribution in [3.8, 4) is 22.8 Å². The molecule has 2 N–H and O–H groups in total. The molecule has 0 radical (unpaired) electrons. The van der Waals surface area contributed by atoms with E-state index in [0.29, 0.717) is 28.6 Å². The second-order valence-corrected chi connectivity index (χ2v) is 6.80. The van der Waals surface area contributed by atoms with Gasteiger partial charge in [-0.15, -0.1) is 0 Å². The zero-order valence-corrected chi connectivity index (χ0v) is 17.2. The first-order valence-corrected chi connectivity index (χ1v) is 9.19. The van der Waals surface area contributed by atoms with Crippen LogP contribution in [0, 0.1) is 0 Å². The average Bonchev–Trinajstić information content (AvgIpc) is 3.22. The van der Waals surface area contributed by atoms with E-state index < -0.39 is 0 Å². The van der Waals surface area contributed by atoms with Crippen LogP contribution in [0.4, 0.5) is 0 Å². The van der Waals surface area contributed by atoms with Crippen LogP contribution in [0.5, 0.6) is 11.5 Å². The summed E-state index contributed by atoms with van der Waals surface area (Å²) in [5.74, 6) is 0.830. The number of methoxy groups -OCH3 is 2. The fourth-order valence-electron chi connectivity index (χ4n) is 2.53. The lowest BCUT2D eigenvalue weighted by Gasteiger charge is -2.08. The highest BCUT2D eigenvalue weighted by Crippen LogP contribution is 2.31. The number of amides is 1. The molecule has 1 amide bonds. The highest BCUT2D eigenvalue weighted by atomic mass is 79.9. The number of hydrogen-bond donors (Lipinski definition) is 2. The monoisotopic (exact) mass is 442 g/mol. The Morgan fingerprint density at radius 3 is 2.46 bits per heavy atom. The van der Waals surface area contributed by atoms with E-state index >= 15 is 0 Å². The lowest BCUT2D eigenvalue weighted by Crippen LogP contribution is -2.19. The molecule has 2 aromatic carbocycles. The number of nitrogens with one attached hydrogen (secondary N) is 2. The normalized spacial score (nSPS) is 11.2. The maximum absolute atomic E-state index is 12.4. The molecule has 1 heterocycles. The molecule has 7 nitrogen and oxygen atoms in total. The van der Waals surface area contributed by atoms with Crippen molar-refractivity contribution in [2.45, 2.75) is 6.92 Å². The summed E-state index contributed by atoms with van der Waals surface area (Å²) >= 11 is 3.39. The summed E-state index contributed by atoms with van der Waals surface area (Å²) in [5, 5.41) is 11.1. The molecular formula is C20H19BrN4O3. The Bertz CT molecular complexity index is 1010. The van der Waals surface area contributed by atoms with Gasteiger partial charge in [-0.2, -0.15) is 10.2 Å². The summed E-state index contributed by atoms with van der Waals surface area (Å²) in [5.41, 5.74) is 5.86. The Kier molecular flexibility index (Phi) is 6.10. The predicted octanol–water partition coefficient (Wildman–Crippen LogP) is 4.01. The predicted molar refractivity (Wildman–Crippen MR) is 111 cm³/mol. The molecule has 3 aromatic rings. The number of benzene rings is 2. The standard InChI is InChI=1S/C20H19BrN4O3/c1-12(13-4-7-15(21)8-5-13)22-25-20(26)17-11-16(23-24-17)14-6-9-18(27-2)19(10-14)28-3/h4-11H,1-3H3,(H,23,24)(H,25,26)/b22-12-. The maximum Gasteiger partial charge on any atom is 0.289 e. The van der Waals surface area contributed by atoms with E-state index in [0.717, 1.165) is 15.6 Å². The van der Waals surface area contributed by atoms with Crippen molar-refractivity contribution in [3.63, 3.8) is 0 Å². The summed E-state index contributed by atoms with van der Waals surface area (Å²) in [6.07, 6.45) is 0. The van der Waals surface area contributed by atoms with E-state index in [1.165, 1.54) is 0 Å². The molecule has 0 aliphatic rings. The maximum atomic E-state index is 12.4. The number of rotatable bonds is 6. The van der Waals surface area contributed by atoms with Crippen molar-refractivity contribution in [1.82, 2.24) is 15.6 Å². The summed E-state index contributed by atoms with van der Waals surface area (Å²) in [6, 6.07) is 14.7. The molecule has 3 rings (SSSR count). The van der Waals surface area contributed by atoms with Gasteiger partial charge in [0.25, 0.3) is 5.91 Å². The number of H-pyrrole nitrogens is 1. The van der Waals surface area contributed by atoms with Gasteiger partial charge in [0.15, 0.2) is 11.5 Å². The Hall–Kier alpha value is -3.13. The van der Waals surface area contributed by atoms with Crippen LogP contribution in [0.15, 0.2) is 58.1 Å². The van der Waals surface area contributed by atoms with Gasteiger partial charge in [-0.25, -0.2) is 5.43 Å². The van der Waals surface area contributed by atoms with Crippen molar-refractivity contribution in [3.05, 3.63) is 64.3 Å². The molecule has 0 aliphatic carbocycles. The molecule has 0 saturated carbocycles. The first-order valence-electron chi connectivity index (χ1n) is 8.40. The molecule has 0 unspecified atom stereocenters. The van der Waals surface area contributed by atoms with E-state index in [-0.39, 0.29) is 5.91 Å².